The first kappa shape index (κ1) is 21.1. The Morgan fingerprint density at radius 1 is 1.22 bits per heavy atom. The first-order chi connectivity index (χ1) is 15.8. The third kappa shape index (κ3) is 4.82. The quantitative estimate of drug-likeness (QED) is 0.371. The van der Waals surface area contributed by atoms with Gasteiger partial charge in [0.1, 0.15) is 11.3 Å². The Kier molecular flexibility index (Phi) is 6.43. The normalized spacial score (nSPS) is 15.4. The minimum atomic E-state index is 0.541. The lowest BCUT2D eigenvalue weighted by atomic mass is 10.0. The minimum absolute atomic E-state index is 0.541. The van der Waals surface area contributed by atoms with Gasteiger partial charge in [-0.3, -0.25) is 9.82 Å². The van der Waals surface area contributed by atoms with Crippen molar-refractivity contribution in [2.75, 3.05) is 25.9 Å². The number of hydrogen-bond donors (Lipinski definition) is 2. The fraction of sp³-hybridized carbons (Fsp3) is 0.333. The Morgan fingerprint density at radius 3 is 2.88 bits per heavy atom. The Bertz CT molecular complexity index is 1140. The maximum absolute atomic E-state index is 5.94. The van der Waals surface area contributed by atoms with E-state index in [4.69, 9.17) is 9.15 Å². The fourth-order valence-electron chi connectivity index (χ4n) is 4.18. The van der Waals surface area contributed by atoms with Crippen LogP contribution < -0.4 is 9.46 Å². The molecule has 1 fully saturated rings. The molecular formula is C24H27N5O2S. The zero-order valence-corrected chi connectivity index (χ0v) is 18.9. The average Bonchev–Trinajstić information content (AvgIpc) is 3.50. The molecule has 5 rings (SSSR count). The average molecular weight is 450 g/mol. The van der Waals surface area contributed by atoms with Crippen LogP contribution in [0.1, 0.15) is 18.4 Å². The van der Waals surface area contributed by atoms with Gasteiger partial charge in [-0.25, -0.2) is 4.98 Å². The van der Waals surface area contributed by atoms with Crippen molar-refractivity contribution in [2.45, 2.75) is 25.3 Å². The summed E-state index contributed by atoms with van der Waals surface area (Å²) in [4.78, 5) is 6.95. The molecule has 1 aliphatic rings. The van der Waals surface area contributed by atoms with Crippen molar-refractivity contribution in [2.24, 2.45) is 0 Å². The number of fused-ring (bicyclic) bond motifs is 1. The summed E-state index contributed by atoms with van der Waals surface area (Å²) in [5.74, 6) is 1.25. The number of piperidine rings is 1. The Labute approximate surface area is 191 Å². The summed E-state index contributed by atoms with van der Waals surface area (Å²) < 4.78 is 15.3. The molecule has 0 unspecified atom stereocenters. The maximum Gasteiger partial charge on any atom is 0.219 e. The van der Waals surface area contributed by atoms with Gasteiger partial charge in [-0.15, -0.1) is 0 Å². The van der Waals surface area contributed by atoms with Crippen LogP contribution in [0.5, 0.6) is 11.6 Å². The molecule has 2 N–H and O–H groups in total. The molecule has 0 atom stereocenters. The molecule has 0 bridgehead atoms. The number of hydrogen-bond acceptors (Lipinski definition) is 7. The van der Waals surface area contributed by atoms with Crippen LogP contribution in [-0.4, -0.2) is 52.0 Å². The molecule has 0 amide bonds. The highest BCUT2D eigenvalue weighted by atomic mass is 32.2. The molecule has 4 aromatic rings. The van der Waals surface area contributed by atoms with E-state index < -0.39 is 0 Å². The second-order valence-electron chi connectivity index (χ2n) is 8.06. The van der Waals surface area contributed by atoms with Crippen LogP contribution in [0.3, 0.4) is 0 Å². The van der Waals surface area contributed by atoms with E-state index in [-0.39, 0.29) is 0 Å². The van der Waals surface area contributed by atoms with Gasteiger partial charge < -0.3 is 14.1 Å². The molecule has 0 spiro atoms. The molecule has 166 valence electrons. The Balaban J connectivity index is 1.19. The van der Waals surface area contributed by atoms with Gasteiger partial charge in [0, 0.05) is 48.1 Å². The van der Waals surface area contributed by atoms with Crippen LogP contribution >= 0.6 is 11.9 Å². The molecule has 4 heterocycles. The molecule has 32 heavy (non-hydrogen) atoms. The Morgan fingerprint density at radius 2 is 2.12 bits per heavy atom. The molecule has 1 saturated heterocycles. The molecular weight excluding hydrogens is 422 g/mol. The van der Waals surface area contributed by atoms with Gasteiger partial charge >= 0.3 is 0 Å². The van der Waals surface area contributed by atoms with E-state index in [2.05, 4.69) is 37.1 Å². The van der Waals surface area contributed by atoms with Crippen molar-refractivity contribution < 1.29 is 9.15 Å². The van der Waals surface area contributed by atoms with Crippen molar-refractivity contribution in [3.05, 3.63) is 60.6 Å². The fourth-order valence-corrected chi connectivity index (χ4v) is 4.75. The molecule has 1 aromatic carbocycles. The van der Waals surface area contributed by atoms with Crippen molar-refractivity contribution >= 4 is 22.9 Å². The van der Waals surface area contributed by atoms with E-state index in [1.54, 1.807) is 24.3 Å². The van der Waals surface area contributed by atoms with Crippen molar-refractivity contribution in [1.29, 1.82) is 0 Å². The monoisotopic (exact) mass is 449 g/mol. The summed E-state index contributed by atoms with van der Waals surface area (Å²) in [6.45, 7) is 3.36. The second-order valence-corrected chi connectivity index (χ2v) is 8.71. The van der Waals surface area contributed by atoms with Crippen LogP contribution in [0, 0.1) is 0 Å². The summed E-state index contributed by atoms with van der Waals surface area (Å²) in [5.41, 5.74) is 3.98. The summed E-state index contributed by atoms with van der Waals surface area (Å²) in [6.07, 6.45) is 10.9. The zero-order chi connectivity index (χ0) is 21.8. The number of pyridine rings is 1. The number of furan rings is 1. The number of nitrogens with zero attached hydrogens (tertiary/aromatic N) is 3. The molecule has 1 aliphatic heterocycles. The van der Waals surface area contributed by atoms with Crippen LogP contribution in [0.25, 0.3) is 22.2 Å². The summed E-state index contributed by atoms with van der Waals surface area (Å²) in [6, 6.07) is 12.4. The maximum atomic E-state index is 5.94. The van der Waals surface area contributed by atoms with Crippen LogP contribution in [-0.2, 0) is 6.42 Å². The number of ether oxygens (including phenoxy) is 1. The predicted octanol–water partition coefficient (Wildman–Crippen LogP) is 4.88. The number of rotatable bonds is 8. The van der Waals surface area contributed by atoms with E-state index in [0.717, 1.165) is 48.3 Å². The largest absolute Gasteiger partial charge is 0.464 e. The zero-order valence-electron chi connectivity index (χ0n) is 18.1. The van der Waals surface area contributed by atoms with Crippen molar-refractivity contribution in [3.63, 3.8) is 0 Å². The molecule has 0 radical (unpaired) electrons. The van der Waals surface area contributed by atoms with Gasteiger partial charge in [-0.1, -0.05) is 11.9 Å². The molecule has 3 aromatic heterocycles. The number of aromatic nitrogens is 3. The van der Waals surface area contributed by atoms with Gasteiger partial charge in [-0.2, -0.15) is 5.10 Å². The van der Waals surface area contributed by atoms with E-state index >= 15 is 0 Å². The van der Waals surface area contributed by atoms with E-state index in [1.165, 1.54) is 18.4 Å². The van der Waals surface area contributed by atoms with Gasteiger partial charge in [0.2, 0.25) is 5.88 Å². The standard InChI is InChI=1S/C24H27N5O2S/c1-32-28-19-8-12-29(13-9-19)11-7-18-16-30-23-14-20(3-4-21(18)23)31-24-5-2-17(15-25-24)22-6-10-26-27-22/h2-6,10,14-16,19,28H,7-9,11-13H2,1H3,(H,26,27). The van der Waals surface area contributed by atoms with Crippen LogP contribution in [0.2, 0.25) is 0 Å². The minimum Gasteiger partial charge on any atom is -0.464 e. The van der Waals surface area contributed by atoms with Gasteiger partial charge in [-0.05, 0) is 68.4 Å². The third-order valence-electron chi connectivity index (χ3n) is 5.97. The first-order valence-electron chi connectivity index (χ1n) is 10.9. The topological polar surface area (TPSA) is 79.2 Å². The lowest BCUT2D eigenvalue weighted by Crippen LogP contribution is -2.41. The number of likely N-dealkylation sites (tertiary alicyclic amines) is 1. The summed E-state index contributed by atoms with van der Waals surface area (Å²) in [5, 5.41) is 8.05. The van der Waals surface area contributed by atoms with E-state index in [0.29, 0.717) is 17.7 Å². The van der Waals surface area contributed by atoms with Gasteiger partial charge in [0.15, 0.2) is 0 Å². The first-order valence-corrected chi connectivity index (χ1v) is 12.2. The highest BCUT2D eigenvalue weighted by molar-refractivity contribution is 7.96. The number of benzene rings is 1. The Hall–Kier alpha value is -2.81. The number of nitrogens with one attached hydrogen (secondary N) is 2. The lowest BCUT2D eigenvalue weighted by molar-refractivity contribution is 0.211. The van der Waals surface area contributed by atoms with Crippen molar-refractivity contribution in [1.82, 2.24) is 24.8 Å². The van der Waals surface area contributed by atoms with Gasteiger partial charge in [0.05, 0.1) is 12.0 Å². The number of aromatic amines is 1. The van der Waals surface area contributed by atoms with E-state index in [9.17, 15) is 0 Å². The number of H-pyrrole nitrogens is 1. The van der Waals surface area contributed by atoms with Crippen LogP contribution in [0.15, 0.2) is 59.5 Å². The van der Waals surface area contributed by atoms with Crippen molar-refractivity contribution in [3.8, 4) is 22.9 Å². The third-order valence-corrected chi connectivity index (χ3v) is 6.54. The summed E-state index contributed by atoms with van der Waals surface area (Å²) >= 11 is 1.72. The highest BCUT2D eigenvalue weighted by Gasteiger charge is 2.19. The molecule has 7 nitrogen and oxygen atoms in total. The van der Waals surface area contributed by atoms with E-state index in [1.807, 2.05) is 36.6 Å². The second kappa shape index (κ2) is 9.77. The molecule has 0 saturated carbocycles. The van der Waals surface area contributed by atoms with Gasteiger partial charge in [0.25, 0.3) is 0 Å². The summed E-state index contributed by atoms with van der Waals surface area (Å²) in [7, 11) is 0. The van der Waals surface area contributed by atoms with Crippen LogP contribution in [0.4, 0.5) is 0 Å². The highest BCUT2D eigenvalue weighted by Crippen LogP contribution is 2.29. The molecule has 0 aliphatic carbocycles. The lowest BCUT2D eigenvalue weighted by Gasteiger charge is -2.31. The smallest absolute Gasteiger partial charge is 0.219 e. The SMILES string of the molecule is CSNC1CCN(CCc2coc3cc(Oc4ccc(-c5ccn[nH]5)cn4)ccc23)CC1. The predicted molar refractivity (Wildman–Crippen MR) is 128 cm³/mol. The molecule has 8 heteroatoms.